The fourth-order valence-electron chi connectivity index (χ4n) is 0.815. The predicted molar refractivity (Wildman–Crippen MR) is 33.9 cm³/mol. The molecule has 0 radical (unpaired) electrons. The molecule has 0 unspecified atom stereocenters. The maximum Gasteiger partial charge on any atom is 0.486 e. The van der Waals surface area contributed by atoms with Crippen LogP contribution in [-0.4, -0.2) is 22.8 Å². The van der Waals surface area contributed by atoms with Crippen molar-refractivity contribution in [3.05, 3.63) is 11.9 Å². The summed E-state index contributed by atoms with van der Waals surface area (Å²) < 4.78 is 36.0. The molecule has 13 heavy (non-hydrogen) atoms. The Morgan fingerprint density at radius 3 is 2.31 bits per heavy atom. The molecule has 0 aromatic carbocycles. The second-order valence-corrected chi connectivity index (χ2v) is 2.23. The molecule has 0 amide bonds. The second-order valence-electron chi connectivity index (χ2n) is 2.23. The van der Waals surface area contributed by atoms with Gasteiger partial charge in [-0.2, -0.15) is 23.7 Å². The lowest BCUT2D eigenvalue weighted by atomic mass is 10.5. The molecular weight excluding hydrogens is 185 g/mol. The number of hydrogen-bond acceptors (Lipinski definition) is 4. The maximum atomic E-state index is 12.0. The Kier molecular flexibility index (Phi) is 2.03. The van der Waals surface area contributed by atoms with E-state index in [9.17, 15) is 13.2 Å². The quantitative estimate of drug-likeness (QED) is 0.419. The number of allylic oxidation sites excluding steroid dienone is 1. The van der Waals surface area contributed by atoms with Crippen molar-refractivity contribution in [3.8, 4) is 12.3 Å². The van der Waals surface area contributed by atoms with E-state index in [0.29, 0.717) is 11.1 Å². The van der Waals surface area contributed by atoms with Gasteiger partial charge in [-0.05, 0) is 0 Å². The van der Waals surface area contributed by atoms with Gasteiger partial charge in [0.15, 0.2) is 6.19 Å². The third-order valence-electron chi connectivity index (χ3n) is 1.42. The van der Waals surface area contributed by atoms with Crippen LogP contribution in [0.2, 0.25) is 0 Å². The first-order chi connectivity index (χ1) is 5.99. The molecule has 1 aliphatic rings. The minimum atomic E-state index is -4.55. The largest absolute Gasteiger partial charge is 0.486 e. The molecule has 0 N–H and O–H groups in total. The number of nitrogens with zero attached hydrogens (tertiary/aromatic N) is 4. The van der Waals surface area contributed by atoms with Gasteiger partial charge in [-0.1, -0.05) is 0 Å². The van der Waals surface area contributed by atoms with Crippen molar-refractivity contribution in [2.75, 3.05) is 6.67 Å². The van der Waals surface area contributed by atoms with Crippen LogP contribution < -0.4 is 0 Å². The van der Waals surface area contributed by atoms with Crippen LogP contribution in [0, 0.1) is 22.8 Å². The highest BCUT2D eigenvalue weighted by atomic mass is 19.4. The lowest BCUT2D eigenvalue weighted by Crippen LogP contribution is -2.35. The Hall–Kier alpha value is -1.89. The fourth-order valence-corrected chi connectivity index (χ4v) is 0.815. The van der Waals surface area contributed by atoms with E-state index >= 15 is 0 Å². The molecule has 0 saturated heterocycles. The van der Waals surface area contributed by atoms with E-state index in [0.717, 1.165) is 0 Å². The summed E-state index contributed by atoms with van der Waals surface area (Å²) in [4.78, 5) is 0.627. The van der Waals surface area contributed by atoms with Crippen LogP contribution in [0.1, 0.15) is 0 Å². The Labute approximate surface area is 71.7 Å². The van der Waals surface area contributed by atoms with Crippen molar-refractivity contribution in [2.24, 2.45) is 0 Å². The van der Waals surface area contributed by atoms with Crippen molar-refractivity contribution in [1.29, 1.82) is 10.5 Å². The summed E-state index contributed by atoms with van der Waals surface area (Å²) in [5.74, 6) is 0. The highest BCUT2D eigenvalue weighted by Crippen LogP contribution is 2.27. The van der Waals surface area contributed by atoms with Gasteiger partial charge in [-0.15, -0.1) is 0 Å². The predicted octanol–water partition coefficient (Wildman–Crippen LogP) is 0.927. The van der Waals surface area contributed by atoms with Crippen LogP contribution in [-0.2, 0) is 0 Å². The van der Waals surface area contributed by atoms with Gasteiger partial charge in [-0.25, -0.2) is 4.90 Å². The van der Waals surface area contributed by atoms with Crippen molar-refractivity contribution < 1.29 is 13.2 Å². The van der Waals surface area contributed by atoms with Gasteiger partial charge in [0.25, 0.3) is 0 Å². The molecule has 68 valence electrons. The zero-order valence-electron chi connectivity index (χ0n) is 6.21. The number of rotatable bonds is 0. The zero-order valence-corrected chi connectivity index (χ0v) is 6.21. The third-order valence-corrected chi connectivity index (χ3v) is 1.42. The van der Waals surface area contributed by atoms with Gasteiger partial charge in [0.1, 0.15) is 18.4 Å². The Morgan fingerprint density at radius 2 is 2.00 bits per heavy atom. The molecule has 1 rings (SSSR count). The van der Waals surface area contributed by atoms with Gasteiger partial charge in [0, 0.05) is 6.20 Å². The molecule has 4 nitrogen and oxygen atoms in total. The van der Waals surface area contributed by atoms with Crippen molar-refractivity contribution in [1.82, 2.24) is 9.80 Å². The first kappa shape index (κ1) is 9.20. The summed E-state index contributed by atoms with van der Waals surface area (Å²) in [6.07, 6.45) is -2.48. The van der Waals surface area contributed by atoms with E-state index < -0.39 is 13.0 Å². The molecule has 0 saturated carbocycles. The molecule has 0 spiro atoms. The van der Waals surface area contributed by atoms with Crippen LogP contribution in [0.4, 0.5) is 13.2 Å². The average Bonchev–Trinajstić information content (AvgIpc) is 2.45. The normalized spacial score (nSPS) is 16.5. The zero-order chi connectivity index (χ0) is 10.1. The highest BCUT2D eigenvalue weighted by Gasteiger charge is 2.40. The molecule has 0 atom stereocenters. The molecule has 0 aromatic rings. The van der Waals surface area contributed by atoms with Gasteiger partial charge in [-0.3, -0.25) is 4.90 Å². The van der Waals surface area contributed by atoms with Gasteiger partial charge < -0.3 is 0 Å². The van der Waals surface area contributed by atoms with Crippen LogP contribution in [0.3, 0.4) is 0 Å². The van der Waals surface area contributed by atoms with Crippen molar-refractivity contribution in [3.63, 3.8) is 0 Å². The number of alkyl halides is 3. The molecule has 0 aromatic heterocycles. The average molecular weight is 188 g/mol. The molecule has 0 bridgehead atoms. The second kappa shape index (κ2) is 2.87. The van der Waals surface area contributed by atoms with E-state index in [-0.39, 0.29) is 10.6 Å². The Morgan fingerprint density at radius 1 is 1.38 bits per heavy atom. The number of nitriles is 2. The standard InChI is InChI=1S/C6H3F3N4/c7-6(8,9)13-2-5(1-10)12(3-11)4-13/h2H,4H2. The Bertz CT molecular complexity index is 318. The minimum absolute atomic E-state index is 0.0330. The molecule has 1 heterocycles. The summed E-state index contributed by atoms with van der Waals surface area (Å²) >= 11 is 0. The topological polar surface area (TPSA) is 54.1 Å². The van der Waals surface area contributed by atoms with Crippen molar-refractivity contribution >= 4 is 0 Å². The number of halogens is 3. The van der Waals surface area contributed by atoms with E-state index in [1.54, 1.807) is 0 Å². The van der Waals surface area contributed by atoms with E-state index in [1.165, 1.54) is 12.3 Å². The molecule has 1 aliphatic heterocycles. The molecule has 7 heteroatoms. The minimum Gasteiger partial charge on any atom is -0.269 e. The van der Waals surface area contributed by atoms with E-state index in [2.05, 4.69) is 0 Å². The smallest absolute Gasteiger partial charge is 0.269 e. The van der Waals surface area contributed by atoms with Crippen LogP contribution >= 0.6 is 0 Å². The van der Waals surface area contributed by atoms with Crippen molar-refractivity contribution in [2.45, 2.75) is 6.30 Å². The monoisotopic (exact) mass is 188 g/mol. The lowest BCUT2D eigenvalue weighted by Gasteiger charge is -2.18. The van der Waals surface area contributed by atoms with Gasteiger partial charge in [0.05, 0.1) is 0 Å². The van der Waals surface area contributed by atoms with E-state index in [4.69, 9.17) is 10.5 Å². The van der Waals surface area contributed by atoms with Gasteiger partial charge >= 0.3 is 6.30 Å². The van der Waals surface area contributed by atoms with Crippen LogP contribution in [0.25, 0.3) is 0 Å². The fraction of sp³-hybridized carbons (Fsp3) is 0.333. The Balaban J connectivity index is 2.87. The summed E-state index contributed by atoms with van der Waals surface area (Å²) in [7, 11) is 0. The lowest BCUT2D eigenvalue weighted by molar-refractivity contribution is -0.228. The SMILES string of the molecule is N#CC1=CN(C(F)(F)F)CN1C#N. The summed E-state index contributed by atoms with van der Waals surface area (Å²) in [6, 6.07) is 1.49. The molecule has 0 fully saturated rings. The third kappa shape index (κ3) is 1.64. The first-order valence-corrected chi connectivity index (χ1v) is 3.11. The molecule has 0 aliphatic carbocycles. The summed E-state index contributed by atoms with van der Waals surface area (Å²) in [5, 5.41) is 16.7. The van der Waals surface area contributed by atoms with E-state index in [1.807, 2.05) is 0 Å². The van der Waals surface area contributed by atoms with Crippen LogP contribution in [0.5, 0.6) is 0 Å². The highest BCUT2D eigenvalue weighted by molar-refractivity contribution is 5.25. The van der Waals surface area contributed by atoms with Crippen LogP contribution in [0.15, 0.2) is 11.9 Å². The number of hydrogen-bond donors (Lipinski definition) is 0. The molecular formula is C6H3F3N4. The summed E-state index contributed by atoms with van der Waals surface area (Å²) in [6.45, 7) is -0.650. The van der Waals surface area contributed by atoms with Gasteiger partial charge in [0.2, 0.25) is 0 Å². The maximum absolute atomic E-state index is 12.0. The first-order valence-electron chi connectivity index (χ1n) is 3.11. The summed E-state index contributed by atoms with van der Waals surface area (Å²) in [5.41, 5.74) is -0.306.